The Labute approximate surface area is 139 Å². The van der Waals surface area contributed by atoms with Gasteiger partial charge in [0.05, 0.1) is 5.41 Å². The summed E-state index contributed by atoms with van der Waals surface area (Å²) in [4.78, 5) is 15.9. The van der Waals surface area contributed by atoms with Crippen molar-refractivity contribution in [3.05, 3.63) is 71.2 Å². The standard InChI is InChI=1S/C20H19FN2O/c1-13-2-4-14(5-3-13)11-23-19(24)20(8-9-20)17-12-22-18-7-6-15(21)10-16(17)18/h2-7,10,12,22H,8-9,11H2,1H3,(H,23,24). The largest absolute Gasteiger partial charge is 0.361 e. The number of fused-ring (bicyclic) bond motifs is 1. The van der Waals surface area contributed by atoms with Crippen LogP contribution in [-0.4, -0.2) is 10.9 Å². The summed E-state index contributed by atoms with van der Waals surface area (Å²) >= 11 is 0. The molecule has 1 fully saturated rings. The van der Waals surface area contributed by atoms with Crippen molar-refractivity contribution in [2.45, 2.75) is 31.7 Å². The first kappa shape index (κ1) is 14.9. The Kier molecular flexibility index (Phi) is 3.41. The van der Waals surface area contributed by atoms with Gasteiger partial charge in [-0.15, -0.1) is 0 Å². The lowest BCUT2D eigenvalue weighted by atomic mass is 9.94. The normalized spacial score (nSPS) is 15.4. The van der Waals surface area contributed by atoms with Crippen LogP contribution in [0.5, 0.6) is 0 Å². The highest BCUT2D eigenvalue weighted by Gasteiger charge is 2.52. The molecule has 0 aliphatic heterocycles. The molecule has 1 amide bonds. The van der Waals surface area contributed by atoms with Gasteiger partial charge in [-0.1, -0.05) is 29.8 Å². The van der Waals surface area contributed by atoms with E-state index in [1.54, 1.807) is 6.07 Å². The predicted octanol–water partition coefficient (Wildman–Crippen LogP) is 3.96. The van der Waals surface area contributed by atoms with Crippen LogP contribution in [0.1, 0.15) is 29.5 Å². The smallest absolute Gasteiger partial charge is 0.231 e. The second-order valence-electron chi connectivity index (χ2n) is 6.64. The first-order valence-corrected chi connectivity index (χ1v) is 8.19. The molecule has 24 heavy (non-hydrogen) atoms. The third-order valence-electron chi connectivity index (χ3n) is 4.92. The van der Waals surface area contributed by atoms with Crippen molar-refractivity contribution < 1.29 is 9.18 Å². The number of halogens is 1. The highest BCUT2D eigenvalue weighted by molar-refractivity contribution is 5.97. The van der Waals surface area contributed by atoms with E-state index in [-0.39, 0.29) is 11.7 Å². The lowest BCUT2D eigenvalue weighted by Crippen LogP contribution is -2.34. The second-order valence-corrected chi connectivity index (χ2v) is 6.64. The molecule has 1 aliphatic rings. The Morgan fingerprint density at radius 2 is 1.96 bits per heavy atom. The van der Waals surface area contributed by atoms with Gasteiger partial charge >= 0.3 is 0 Å². The highest BCUT2D eigenvalue weighted by atomic mass is 19.1. The van der Waals surface area contributed by atoms with E-state index in [0.717, 1.165) is 34.9 Å². The third-order valence-corrected chi connectivity index (χ3v) is 4.92. The van der Waals surface area contributed by atoms with Crippen molar-refractivity contribution >= 4 is 16.8 Å². The second kappa shape index (κ2) is 5.48. The molecule has 122 valence electrons. The summed E-state index contributed by atoms with van der Waals surface area (Å²) in [7, 11) is 0. The molecule has 1 aromatic heterocycles. The summed E-state index contributed by atoms with van der Waals surface area (Å²) in [5, 5.41) is 3.85. The molecule has 3 nitrogen and oxygen atoms in total. The van der Waals surface area contributed by atoms with E-state index in [1.807, 2.05) is 37.4 Å². The average molecular weight is 322 g/mol. The quantitative estimate of drug-likeness (QED) is 0.750. The molecule has 4 heteroatoms. The lowest BCUT2D eigenvalue weighted by molar-refractivity contribution is -0.123. The minimum atomic E-state index is -0.517. The molecule has 2 aromatic carbocycles. The zero-order valence-electron chi connectivity index (χ0n) is 13.5. The first-order valence-electron chi connectivity index (χ1n) is 8.19. The van der Waals surface area contributed by atoms with E-state index in [1.165, 1.54) is 17.7 Å². The fraction of sp³-hybridized carbons (Fsp3) is 0.250. The van der Waals surface area contributed by atoms with Crippen LogP contribution in [0, 0.1) is 12.7 Å². The molecular formula is C20H19FN2O. The van der Waals surface area contributed by atoms with Crippen LogP contribution in [0.15, 0.2) is 48.7 Å². The summed E-state index contributed by atoms with van der Waals surface area (Å²) in [5.41, 5.74) is 3.53. The maximum absolute atomic E-state index is 13.6. The van der Waals surface area contributed by atoms with Gasteiger partial charge in [0, 0.05) is 23.6 Å². The van der Waals surface area contributed by atoms with Crippen LogP contribution < -0.4 is 5.32 Å². The Balaban J connectivity index is 1.56. The maximum atomic E-state index is 13.6. The molecule has 0 spiro atoms. The number of aryl methyl sites for hydroxylation is 1. The number of aromatic amines is 1. The molecule has 2 N–H and O–H groups in total. The van der Waals surface area contributed by atoms with E-state index in [2.05, 4.69) is 10.3 Å². The zero-order chi connectivity index (χ0) is 16.7. The van der Waals surface area contributed by atoms with Crippen molar-refractivity contribution in [2.24, 2.45) is 0 Å². The molecule has 1 saturated carbocycles. The minimum Gasteiger partial charge on any atom is -0.361 e. The Hall–Kier alpha value is -2.62. The number of benzene rings is 2. The van der Waals surface area contributed by atoms with Crippen LogP contribution in [-0.2, 0) is 16.8 Å². The van der Waals surface area contributed by atoms with Crippen LogP contribution in [0.3, 0.4) is 0 Å². The van der Waals surface area contributed by atoms with Crippen LogP contribution in [0.4, 0.5) is 4.39 Å². The Morgan fingerprint density at radius 3 is 2.67 bits per heavy atom. The summed E-state index contributed by atoms with van der Waals surface area (Å²) in [6, 6.07) is 12.8. The number of hydrogen-bond donors (Lipinski definition) is 2. The Bertz CT molecular complexity index is 907. The molecule has 3 aromatic rings. The van der Waals surface area contributed by atoms with E-state index >= 15 is 0 Å². The summed E-state index contributed by atoms with van der Waals surface area (Å²) in [5.74, 6) is -0.257. The summed E-state index contributed by atoms with van der Waals surface area (Å²) < 4.78 is 13.6. The van der Waals surface area contributed by atoms with Gasteiger partial charge in [0.25, 0.3) is 0 Å². The fourth-order valence-electron chi connectivity index (χ4n) is 3.29. The SMILES string of the molecule is Cc1ccc(CNC(=O)C2(c3c[nH]c4ccc(F)cc34)CC2)cc1. The van der Waals surface area contributed by atoms with Crippen molar-refractivity contribution in [3.8, 4) is 0 Å². The molecule has 0 bridgehead atoms. The van der Waals surface area contributed by atoms with Crippen molar-refractivity contribution in [2.75, 3.05) is 0 Å². The van der Waals surface area contributed by atoms with Gasteiger partial charge in [-0.2, -0.15) is 0 Å². The molecule has 0 saturated heterocycles. The highest BCUT2D eigenvalue weighted by Crippen LogP contribution is 2.50. The van der Waals surface area contributed by atoms with Crippen molar-refractivity contribution in [1.82, 2.24) is 10.3 Å². The van der Waals surface area contributed by atoms with Gasteiger partial charge in [0.15, 0.2) is 0 Å². The van der Waals surface area contributed by atoms with Crippen LogP contribution in [0.2, 0.25) is 0 Å². The topological polar surface area (TPSA) is 44.9 Å². The Morgan fingerprint density at radius 1 is 1.21 bits per heavy atom. The van der Waals surface area contributed by atoms with Gasteiger partial charge < -0.3 is 10.3 Å². The van der Waals surface area contributed by atoms with Gasteiger partial charge in [-0.25, -0.2) is 4.39 Å². The number of carbonyl (C=O) groups is 1. The number of hydrogen-bond acceptors (Lipinski definition) is 1. The molecule has 1 heterocycles. The molecule has 0 unspecified atom stereocenters. The van der Waals surface area contributed by atoms with Gasteiger partial charge in [-0.3, -0.25) is 4.79 Å². The number of carbonyl (C=O) groups excluding carboxylic acids is 1. The number of H-pyrrole nitrogens is 1. The molecular weight excluding hydrogens is 303 g/mol. The van der Waals surface area contributed by atoms with E-state index in [9.17, 15) is 9.18 Å². The van der Waals surface area contributed by atoms with Gasteiger partial charge in [0.1, 0.15) is 5.82 Å². The van der Waals surface area contributed by atoms with E-state index in [0.29, 0.717) is 6.54 Å². The molecule has 1 aliphatic carbocycles. The van der Waals surface area contributed by atoms with Crippen LogP contribution >= 0.6 is 0 Å². The molecule has 0 atom stereocenters. The van der Waals surface area contributed by atoms with Gasteiger partial charge in [0.2, 0.25) is 5.91 Å². The predicted molar refractivity (Wildman–Crippen MR) is 92.2 cm³/mol. The number of nitrogens with one attached hydrogen (secondary N) is 2. The monoisotopic (exact) mass is 322 g/mol. The molecule has 4 rings (SSSR count). The lowest BCUT2D eigenvalue weighted by Gasteiger charge is -2.15. The summed E-state index contributed by atoms with van der Waals surface area (Å²) in [6.07, 6.45) is 3.45. The van der Waals surface area contributed by atoms with Gasteiger partial charge in [-0.05, 0) is 49.1 Å². The number of aromatic nitrogens is 1. The van der Waals surface area contributed by atoms with E-state index < -0.39 is 5.41 Å². The number of amides is 1. The van der Waals surface area contributed by atoms with Crippen LogP contribution in [0.25, 0.3) is 10.9 Å². The zero-order valence-corrected chi connectivity index (χ0v) is 13.5. The minimum absolute atomic E-state index is 0.0215. The molecule has 0 radical (unpaired) electrons. The number of rotatable bonds is 4. The average Bonchev–Trinajstić information content (AvgIpc) is 3.28. The van der Waals surface area contributed by atoms with Crippen molar-refractivity contribution in [1.29, 1.82) is 0 Å². The third kappa shape index (κ3) is 2.48. The van der Waals surface area contributed by atoms with Crippen molar-refractivity contribution in [3.63, 3.8) is 0 Å². The maximum Gasteiger partial charge on any atom is 0.231 e. The first-order chi connectivity index (χ1) is 11.6. The summed E-state index contributed by atoms with van der Waals surface area (Å²) in [6.45, 7) is 2.55. The fourth-order valence-corrected chi connectivity index (χ4v) is 3.29. The van der Waals surface area contributed by atoms with E-state index in [4.69, 9.17) is 0 Å².